The van der Waals surface area contributed by atoms with E-state index >= 15 is 0 Å². The molecule has 168 valence electrons. The van der Waals surface area contributed by atoms with Gasteiger partial charge in [-0.15, -0.1) is 24.0 Å². The molecule has 8 nitrogen and oxygen atoms in total. The van der Waals surface area contributed by atoms with Gasteiger partial charge in [0.1, 0.15) is 0 Å². The van der Waals surface area contributed by atoms with E-state index in [2.05, 4.69) is 34.2 Å². The molecule has 0 aromatic carbocycles. The zero-order valence-electron chi connectivity index (χ0n) is 17.5. The summed E-state index contributed by atoms with van der Waals surface area (Å²) < 4.78 is 38.0. The van der Waals surface area contributed by atoms with Crippen molar-refractivity contribution in [3.05, 3.63) is 0 Å². The summed E-state index contributed by atoms with van der Waals surface area (Å²) in [7, 11) is -3.33. The third-order valence-electron chi connectivity index (χ3n) is 4.16. The molecule has 10 heteroatoms. The van der Waals surface area contributed by atoms with Gasteiger partial charge in [-0.25, -0.2) is 13.1 Å². The largest absolute Gasteiger partial charge is 0.380 e. The number of rotatable bonds is 13. The van der Waals surface area contributed by atoms with E-state index in [1.165, 1.54) is 0 Å². The van der Waals surface area contributed by atoms with Crippen molar-refractivity contribution in [2.24, 2.45) is 10.9 Å². The highest BCUT2D eigenvalue weighted by molar-refractivity contribution is 14.0. The van der Waals surface area contributed by atoms with E-state index in [-0.39, 0.29) is 35.8 Å². The van der Waals surface area contributed by atoms with Gasteiger partial charge in [0.05, 0.1) is 25.0 Å². The van der Waals surface area contributed by atoms with Crippen LogP contribution >= 0.6 is 24.0 Å². The van der Waals surface area contributed by atoms with Crippen LogP contribution in [-0.4, -0.2) is 72.2 Å². The van der Waals surface area contributed by atoms with Gasteiger partial charge in [0.25, 0.3) is 0 Å². The molecule has 1 unspecified atom stereocenters. The molecule has 0 amide bonds. The van der Waals surface area contributed by atoms with Gasteiger partial charge in [0.15, 0.2) is 5.96 Å². The lowest BCUT2D eigenvalue weighted by molar-refractivity contribution is 0.0200. The minimum atomic E-state index is -3.33. The smallest absolute Gasteiger partial charge is 0.213 e. The molecule has 1 fully saturated rings. The number of halogens is 1. The maximum Gasteiger partial charge on any atom is 0.213 e. The Morgan fingerprint density at radius 3 is 2.68 bits per heavy atom. The molecule has 3 N–H and O–H groups in total. The van der Waals surface area contributed by atoms with E-state index in [0.717, 1.165) is 38.9 Å². The highest BCUT2D eigenvalue weighted by atomic mass is 127. The molecule has 1 saturated heterocycles. The molecule has 0 saturated carbocycles. The van der Waals surface area contributed by atoms with Crippen LogP contribution in [0.5, 0.6) is 0 Å². The second kappa shape index (κ2) is 16.6. The van der Waals surface area contributed by atoms with Crippen LogP contribution in [0.2, 0.25) is 0 Å². The molecular weight excluding hydrogens is 495 g/mol. The molecule has 1 aliphatic rings. The third kappa shape index (κ3) is 14.8. The first-order chi connectivity index (χ1) is 12.9. The van der Waals surface area contributed by atoms with E-state index < -0.39 is 10.0 Å². The van der Waals surface area contributed by atoms with E-state index in [1.54, 1.807) is 0 Å². The second-order valence-electron chi connectivity index (χ2n) is 7.14. The lowest BCUT2D eigenvalue weighted by atomic mass is 10.1. The molecule has 0 spiro atoms. The Morgan fingerprint density at radius 2 is 2.04 bits per heavy atom. The Kier molecular flexibility index (Phi) is 16.5. The Hall–Kier alpha value is -0.170. The minimum Gasteiger partial charge on any atom is -0.380 e. The number of guanidine groups is 1. The van der Waals surface area contributed by atoms with Crippen LogP contribution in [0.25, 0.3) is 0 Å². The number of hydrogen-bond acceptors (Lipinski definition) is 5. The van der Waals surface area contributed by atoms with Crippen LogP contribution in [-0.2, 0) is 19.5 Å². The highest BCUT2D eigenvalue weighted by Gasteiger charge is 2.17. The molecule has 0 aromatic heterocycles. The van der Waals surface area contributed by atoms with E-state index in [9.17, 15) is 8.42 Å². The zero-order chi connectivity index (χ0) is 20.0. The number of aliphatic imine (C=N–C) groups is 1. The molecule has 0 aromatic rings. The lowest BCUT2D eigenvalue weighted by Gasteiger charge is -2.22. The van der Waals surface area contributed by atoms with Crippen LogP contribution in [0, 0.1) is 5.92 Å². The Morgan fingerprint density at radius 1 is 1.25 bits per heavy atom. The van der Waals surface area contributed by atoms with Crippen molar-refractivity contribution in [2.45, 2.75) is 52.6 Å². The zero-order valence-corrected chi connectivity index (χ0v) is 20.7. The van der Waals surface area contributed by atoms with Crippen molar-refractivity contribution in [3.8, 4) is 0 Å². The van der Waals surface area contributed by atoms with Crippen molar-refractivity contribution in [1.82, 2.24) is 15.4 Å². The van der Waals surface area contributed by atoms with Crippen molar-refractivity contribution in [3.63, 3.8) is 0 Å². The van der Waals surface area contributed by atoms with E-state index in [4.69, 9.17) is 9.47 Å². The van der Waals surface area contributed by atoms with Crippen LogP contribution in [0.15, 0.2) is 4.99 Å². The van der Waals surface area contributed by atoms with Crippen molar-refractivity contribution < 1.29 is 17.9 Å². The molecular formula is C18H39IN4O4S. The summed E-state index contributed by atoms with van der Waals surface area (Å²) in [5.41, 5.74) is 0. The summed E-state index contributed by atoms with van der Waals surface area (Å²) in [6, 6.07) is 0. The summed E-state index contributed by atoms with van der Waals surface area (Å²) in [5.74, 6) is 1.23. The first-order valence-corrected chi connectivity index (χ1v) is 11.8. The molecule has 0 aliphatic carbocycles. The maximum absolute atomic E-state index is 12.1. The fourth-order valence-corrected chi connectivity index (χ4v) is 3.50. The summed E-state index contributed by atoms with van der Waals surface area (Å²) in [4.78, 5) is 4.40. The number of hydrogen-bond donors (Lipinski definition) is 3. The summed E-state index contributed by atoms with van der Waals surface area (Å²) >= 11 is 0. The molecule has 0 bridgehead atoms. The summed E-state index contributed by atoms with van der Waals surface area (Å²) in [5, 5.41) is 6.17. The number of nitrogens with zero attached hydrogens (tertiary/aromatic N) is 1. The van der Waals surface area contributed by atoms with Gasteiger partial charge in [-0.3, -0.25) is 4.99 Å². The molecule has 1 atom stereocenters. The molecule has 1 rings (SSSR count). The van der Waals surface area contributed by atoms with Crippen LogP contribution in [0.1, 0.15) is 46.5 Å². The first kappa shape index (κ1) is 27.8. The van der Waals surface area contributed by atoms with Crippen LogP contribution in [0.3, 0.4) is 0 Å². The summed E-state index contributed by atoms with van der Waals surface area (Å²) in [6.07, 6.45) is 4.10. The first-order valence-electron chi connectivity index (χ1n) is 10.1. The van der Waals surface area contributed by atoms with Gasteiger partial charge in [0.2, 0.25) is 10.0 Å². The van der Waals surface area contributed by atoms with Gasteiger partial charge in [-0.2, -0.15) is 0 Å². The minimum absolute atomic E-state index is 0. The molecule has 28 heavy (non-hydrogen) atoms. The van der Waals surface area contributed by atoms with Gasteiger partial charge in [0, 0.05) is 32.8 Å². The average molecular weight is 535 g/mol. The van der Waals surface area contributed by atoms with Gasteiger partial charge in [-0.1, -0.05) is 13.8 Å². The lowest BCUT2D eigenvalue weighted by Crippen LogP contribution is -2.42. The van der Waals surface area contributed by atoms with Gasteiger partial charge < -0.3 is 20.1 Å². The topological polar surface area (TPSA) is 101 Å². The number of nitrogens with one attached hydrogen (secondary N) is 3. The van der Waals surface area contributed by atoms with Gasteiger partial charge in [-0.05, 0) is 38.5 Å². The third-order valence-corrected chi connectivity index (χ3v) is 5.51. The number of ether oxygens (including phenoxy) is 2. The van der Waals surface area contributed by atoms with Gasteiger partial charge >= 0.3 is 0 Å². The Labute approximate surface area is 188 Å². The van der Waals surface area contributed by atoms with E-state index in [0.29, 0.717) is 44.7 Å². The maximum atomic E-state index is 12.1. The predicted molar refractivity (Wildman–Crippen MR) is 125 cm³/mol. The highest BCUT2D eigenvalue weighted by Crippen LogP contribution is 2.11. The van der Waals surface area contributed by atoms with Crippen LogP contribution in [0.4, 0.5) is 0 Å². The SMILES string of the molecule is CCNC(=NCCOCCC(C)C)NCCS(=O)(=O)NCC1CCCCO1.I. The Balaban J connectivity index is 0.00000729. The van der Waals surface area contributed by atoms with Crippen molar-refractivity contribution in [2.75, 3.05) is 51.8 Å². The van der Waals surface area contributed by atoms with E-state index in [1.807, 2.05) is 6.92 Å². The summed E-state index contributed by atoms with van der Waals surface area (Å²) in [6.45, 7) is 10.2. The number of sulfonamides is 1. The quantitative estimate of drug-likeness (QED) is 0.144. The predicted octanol–water partition coefficient (Wildman–Crippen LogP) is 1.71. The van der Waals surface area contributed by atoms with Crippen LogP contribution < -0.4 is 15.4 Å². The van der Waals surface area contributed by atoms with Crippen molar-refractivity contribution >= 4 is 40.0 Å². The monoisotopic (exact) mass is 534 g/mol. The Bertz CT molecular complexity index is 512. The fourth-order valence-electron chi connectivity index (χ4n) is 2.55. The normalized spacial score (nSPS) is 18.0. The standard InChI is InChI=1S/C18H38N4O4S.HI/c1-4-19-18(20-9-13-25-12-8-16(2)3)21-10-14-27(23,24)22-15-17-7-5-6-11-26-17;/h16-17,22H,4-15H2,1-3H3,(H2,19,20,21);1H. The van der Waals surface area contributed by atoms with Crippen molar-refractivity contribution in [1.29, 1.82) is 0 Å². The molecule has 1 heterocycles. The average Bonchev–Trinajstić information content (AvgIpc) is 2.63. The molecule has 1 aliphatic heterocycles. The second-order valence-corrected chi connectivity index (χ2v) is 9.06. The fraction of sp³-hybridized carbons (Fsp3) is 0.944. The molecule has 0 radical (unpaired) electrons.